The maximum absolute atomic E-state index is 10.9. The summed E-state index contributed by atoms with van der Waals surface area (Å²) in [7, 11) is 0. The molecule has 2 aromatic carbocycles. The molecule has 6 heteroatoms. The molecule has 0 bridgehead atoms. The number of nitro benzene ring substituents is 1. The Bertz CT molecular complexity index is 659. The summed E-state index contributed by atoms with van der Waals surface area (Å²) in [5, 5.41) is 10.9. The molecule has 0 aliphatic rings. The van der Waals surface area contributed by atoms with Crippen LogP contribution in [0.5, 0.6) is 5.75 Å². The van der Waals surface area contributed by atoms with Crippen LogP contribution in [0.15, 0.2) is 46.9 Å². The minimum absolute atomic E-state index is 0.0282. The van der Waals surface area contributed by atoms with Gasteiger partial charge in [0.15, 0.2) is 0 Å². The molecular formula is C15H15BrN2O3. The van der Waals surface area contributed by atoms with Crippen molar-refractivity contribution in [2.24, 2.45) is 5.73 Å². The molecule has 0 heterocycles. The van der Waals surface area contributed by atoms with Gasteiger partial charge in [-0.1, -0.05) is 24.3 Å². The number of nitro groups is 1. The molecule has 0 spiro atoms. The molecule has 0 fully saturated rings. The third-order valence-corrected chi connectivity index (χ3v) is 3.95. The van der Waals surface area contributed by atoms with Gasteiger partial charge in [-0.3, -0.25) is 10.1 Å². The molecule has 1 atom stereocenters. The Balaban J connectivity index is 2.15. The summed E-state index contributed by atoms with van der Waals surface area (Å²) in [5.74, 6) is 0.684. The topological polar surface area (TPSA) is 78.4 Å². The first-order valence-corrected chi connectivity index (χ1v) is 7.18. The summed E-state index contributed by atoms with van der Waals surface area (Å²) in [4.78, 5) is 10.5. The van der Waals surface area contributed by atoms with Crippen molar-refractivity contribution >= 4 is 21.6 Å². The second-order valence-electron chi connectivity index (χ2n) is 4.66. The predicted octanol–water partition coefficient (Wildman–Crippen LogP) is 3.96. The fourth-order valence-electron chi connectivity index (χ4n) is 1.87. The summed E-state index contributed by atoms with van der Waals surface area (Å²) in [6.45, 7) is 2.14. The van der Waals surface area contributed by atoms with E-state index in [1.165, 1.54) is 6.07 Å². The SMILES string of the molecule is C[C@H](N)c1cccc(OCc2cccc([N+](=O)[O-])c2Br)c1. The molecule has 0 unspecified atom stereocenters. The first-order valence-electron chi connectivity index (χ1n) is 6.39. The van der Waals surface area contributed by atoms with Gasteiger partial charge in [-0.15, -0.1) is 0 Å². The zero-order chi connectivity index (χ0) is 15.4. The van der Waals surface area contributed by atoms with Crippen LogP contribution in [0.1, 0.15) is 24.1 Å². The van der Waals surface area contributed by atoms with Crippen molar-refractivity contribution in [3.05, 3.63) is 68.2 Å². The number of nitrogens with two attached hydrogens (primary N) is 1. The summed E-state index contributed by atoms with van der Waals surface area (Å²) >= 11 is 3.25. The fourth-order valence-corrected chi connectivity index (χ4v) is 2.39. The van der Waals surface area contributed by atoms with Crippen LogP contribution in [0.25, 0.3) is 0 Å². The largest absolute Gasteiger partial charge is 0.489 e. The highest BCUT2D eigenvalue weighted by Crippen LogP contribution is 2.29. The van der Waals surface area contributed by atoms with Crippen molar-refractivity contribution in [2.75, 3.05) is 0 Å². The third-order valence-electron chi connectivity index (χ3n) is 3.03. The van der Waals surface area contributed by atoms with Crippen molar-refractivity contribution in [1.82, 2.24) is 0 Å². The number of halogens is 1. The van der Waals surface area contributed by atoms with E-state index in [2.05, 4.69) is 15.9 Å². The lowest BCUT2D eigenvalue weighted by Crippen LogP contribution is -2.05. The number of nitrogens with zero attached hydrogens (tertiary/aromatic N) is 1. The number of benzene rings is 2. The number of ether oxygens (including phenoxy) is 1. The lowest BCUT2D eigenvalue weighted by atomic mass is 10.1. The summed E-state index contributed by atoms with van der Waals surface area (Å²) in [6.07, 6.45) is 0. The van der Waals surface area contributed by atoms with Crippen molar-refractivity contribution in [1.29, 1.82) is 0 Å². The van der Waals surface area contributed by atoms with Gasteiger partial charge in [-0.25, -0.2) is 0 Å². The van der Waals surface area contributed by atoms with Crippen LogP contribution < -0.4 is 10.5 Å². The Morgan fingerprint density at radius 3 is 2.71 bits per heavy atom. The van der Waals surface area contributed by atoms with Crippen molar-refractivity contribution in [3.8, 4) is 5.75 Å². The van der Waals surface area contributed by atoms with Crippen LogP contribution >= 0.6 is 15.9 Å². The molecule has 0 aromatic heterocycles. The minimum atomic E-state index is -0.426. The van der Waals surface area contributed by atoms with Gasteiger partial charge in [0, 0.05) is 17.7 Å². The zero-order valence-electron chi connectivity index (χ0n) is 11.5. The quantitative estimate of drug-likeness (QED) is 0.653. The number of hydrogen-bond donors (Lipinski definition) is 1. The second-order valence-corrected chi connectivity index (χ2v) is 5.45. The van der Waals surface area contributed by atoms with E-state index in [4.69, 9.17) is 10.5 Å². The maximum atomic E-state index is 10.9. The smallest absolute Gasteiger partial charge is 0.283 e. The van der Waals surface area contributed by atoms with E-state index in [9.17, 15) is 10.1 Å². The lowest BCUT2D eigenvalue weighted by Gasteiger charge is -2.11. The van der Waals surface area contributed by atoms with Crippen LogP contribution in [0.3, 0.4) is 0 Å². The van der Waals surface area contributed by atoms with E-state index in [1.807, 2.05) is 31.2 Å². The van der Waals surface area contributed by atoms with Crippen molar-refractivity contribution in [2.45, 2.75) is 19.6 Å². The fraction of sp³-hybridized carbons (Fsp3) is 0.200. The molecule has 0 radical (unpaired) electrons. The molecular weight excluding hydrogens is 336 g/mol. The monoisotopic (exact) mass is 350 g/mol. The Morgan fingerprint density at radius 1 is 1.33 bits per heavy atom. The molecule has 0 saturated heterocycles. The van der Waals surface area contributed by atoms with E-state index in [0.29, 0.717) is 10.2 Å². The van der Waals surface area contributed by atoms with Gasteiger partial charge < -0.3 is 10.5 Å². The van der Waals surface area contributed by atoms with E-state index in [-0.39, 0.29) is 18.3 Å². The van der Waals surface area contributed by atoms with Crippen LogP contribution in [-0.4, -0.2) is 4.92 Å². The summed E-state index contributed by atoms with van der Waals surface area (Å²) in [5.41, 5.74) is 7.55. The minimum Gasteiger partial charge on any atom is -0.489 e. The van der Waals surface area contributed by atoms with Crippen LogP contribution in [0, 0.1) is 10.1 Å². The molecule has 21 heavy (non-hydrogen) atoms. The summed E-state index contributed by atoms with van der Waals surface area (Å²) < 4.78 is 6.13. The molecule has 0 saturated carbocycles. The predicted molar refractivity (Wildman–Crippen MR) is 84.2 cm³/mol. The van der Waals surface area contributed by atoms with E-state index >= 15 is 0 Å². The molecule has 2 rings (SSSR count). The maximum Gasteiger partial charge on any atom is 0.283 e. The zero-order valence-corrected chi connectivity index (χ0v) is 13.0. The van der Waals surface area contributed by atoms with Gasteiger partial charge in [0.1, 0.15) is 16.8 Å². The lowest BCUT2D eigenvalue weighted by molar-refractivity contribution is -0.385. The highest BCUT2D eigenvalue weighted by molar-refractivity contribution is 9.10. The first-order chi connectivity index (χ1) is 9.99. The number of hydrogen-bond acceptors (Lipinski definition) is 4. The molecule has 0 amide bonds. The van der Waals surface area contributed by atoms with Gasteiger partial charge in [0.2, 0.25) is 0 Å². The third kappa shape index (κ3) is 3.80. The Labute approximate surface area is 131 Å². The highest BCUT2D eigenvalue weighted by atomic mass is 79.9. The molecule has 2 N–H and O–H groups in total. The highest BCUT2D eigenvalue weighted by Gasteiger charge is 2.15. The van der Waals surface area contributed by atoms with Crippen molar-refractivity contribution < 1.29 is 9.66 Å². The van der Waals surface area contributed by atoms with Gasteiger partial charge in [-0.2, -0.15) is 0 Å². The van der Waals surface area contributed by atoms with E-state index in [0.717, 1.165) is 11.1 Å². The van der Waals surface area contributed by atoms with Gasteiger partial charge in [-0.05, 0) is 40.5 Å². The average molecular weight is 351 g/mol. The molecule has 110 valence electrons. The molecule has 0 aliphatic carbocycles. The van der Waals surface area contributed by atoms with Gasteiger partial charge in [0.25, 0.3) is 5.69 Å². The van der Waals surface area contributed by atoms with Gasteiger partial charge >= 0.3 is 0 Å². The van der Waals surface area contributed by atoms with E-state index < -0.39 is 4.92 Å². The van der Waals surface area contributed by atoms with Crippen molar-refractivity contribution in [3.63, 3.8) is 0 Å². The van der Waals surface area contributed by atoms with Crippen LogP contribution in [0.4, 0.5) is 5.69 Å². The Hall–Kier alpha value is -1.92. The second kappa shape index (κ2) is 6.69. The summed E-state index contributed by atoms with van der Waals surface area (Å²) in [6, 6.07) is 12.3. The van der Waals surface area contributed by atoms with Gasteiger partial charge in [0.05, 0.1) is 4.92 Å². The van der Waals surface area contributed by atoms with Crippen LogP contribution in [0.2, 0.25) is 0 Å². The Kier molecular flexibility index (Phi) is 4.93. The Morgan fingerprint density at radius 2 is 2.05 bits per heavy atom. The standard InChI is InChI=1S/C15H15BrN2O3/c1-10(17)11-4-2-6-13(8-11)21-9-12-5-3-7-14(15(12)16)18(19)20/h2-8,10H,9,17H2,1H3/t10-/m0/s1. The van der Waals surface area contributed by atoms with Crippen LogP contribution in [-0.2, 0) is 6.61 Å². The number of rotatable bonds is 5. The molecule has 2 aromatic rings. The first kappa shape index (κ1) is 15.5. The average Bonchev–Trinajstić information content (AvgIpc) is 2.46. The molecule has 5 nitrogen and oxygen atoms in total. The normalized spacial score (nSPS) is 12.0. The molecule has 0 aliphatic heterocycles. The van der Waals surface area contributed by atoms with E-state index in [1.54, 1.807) is 12.1 Å².